The van der Waals surface area contributed by atoms with E-state index in [1.807, 2.05) is 0 Å². The highest BCUT2D eigenvalue weighted by Crippen LogP contribution is 2.35. The number of carbonyl (C=O) groups is 1. The summed E-state index contributed by atoms with van der Waals surface area (Å²) < 4.78 is 55.6. The summed E-state index contributed by atoms with van der Waals surface area (Å²) >= 11 is 3.20. The number of nitrogens with two attached hydrogens (primary N) is 1. The second-order valence-electron chi connectivity index (χ2n) is 6.64. The van der Waals surface area contributed by atoms with Gasteiger partial charge in [0.1, 0.15) is 11.4 Å². The van der Waals surface area contributed by atoms with Gasteiger partial charge in [-0.3, -0.25) is 9.78 Å². The Bertz CT molecular complexity index is 1340. The molecule has 33 heavy (non-hydrogen) atoms. The molecule has 0 unspecified atom stereocenters. The fourth-order valence-electron chi connectivity index (χ4n) is 3.00. The Hall–Kier alpha value is -3.87. The van der Waals surface area contributed by atoms with Gasteiger partial charge >= 0.3 is 6.18 Å². The smallest absolute Gasteiger partial charge is 0.397 e. The van der Waals surface area contributed by atoms with Gasteiger partial charge in [0, 0.05) is 21.8 Å². The summed E-state index contributed by atoms with van der Waals surface area (Å²) in [4.78, 5) is 21.0. The zero-order valence-corrected chi connectivity index (χ0v) is 17.9. The highest BCUT2D eigenvalue weighted by atomic mass is 79.9. The van der Waals surface area contributed by atoms with Crippen molar-refractivity contribution in [2.24, 2.45) is 0 Å². The van der Waals surface area contributed by atoms with E-state index in [4.69, 9.17) is 5.73 Å². The molecule has 3 heterocycles. The maximum atomic E-state index is 14.8. The lowest BCUT2D eigenvalue weighted by molar-refractivity contribution is -0.137. The van der Waals surface area contributed by atoms with Crippen LogP contribution in [-0.4, -0.2) is 30.9 Å². The number of pyridine rings is 2. The van der Waals surface area contributed by atoms with Crippen molar-refractivity contribution in [2.75, 3.05) is 11.1 Å². The number of anilines is 2. The van der Waals surface area contributed by atoms with E-state index < -0.39 is 29.3 Å². The maximum absolute atomic E-state index is 14.8. The Morgan fingerprint density at radius 2 is 1.79 bits per heavy atom. The van der Waals surface area contributed by atoms with Gasteiger partial charge in [0.05, 0.1) is 41.7 Å². The minimum absolute atomic E-state index is 0.121. The van der Waals surface area contributed by atoms with Crippen LogP contribution in [0.25, 0.3) is 16.9 Å². The molecule has 0 atom stereocenters. The Morgan fingerprint density at radius 1 is 1.06 bits per heavy atom. The van der Waals surface area contributed by atoms with Gasteiger partial charge in [0.15, 0.2) is 5.82 Å². The lowest BCUT2D eigenvalue weighted by Gasteiger charge is -2.14. The molecular weight excluding hydrogens is 510 g/mol. The summed E-state index contributed by atoms with van der Waals surface area (Å²) in [6, 6.07) is 4.51. The number of aromatic nitrogens is 5. The molecule has 4 aromatic rings. The van der Waals surface area contributed by atoms with Crippen LogP contribution in [0, 0.1) is 5.82 Å². The number of nitrogens with zero attached hydrogens (tertiary/aromatic N) is 5. The SMILES string of the molecule is Nc1cnccc1-c1cc(Br)c(C(=O)Nc2cnc(-n3nccn3)c(C(F)(F)F)c2)cc1F. The third-order valence-corrected chi connectivity index (χ3v) is 5.14. The molecule has 0 aliphatic heterocycles. The quantitative estimate of drug-likeness (QED) is 0.383. The van der Waals surface area contributed by atoms with Gasteiger partial charge in [0.2, 0.25) is 0 Å². The number of hydrogen-bond acceptors (Lipinski definition) is 6. The molecule has 1 amide bonds. The van der Waals surface area contributed by atoms with E-state index in [0.29, 0.717) is 16.4 Å². The summed E-state index contributed by atoms with van der Waals surface area (Å²) in [5.41, 5.74) is 5.01. The predicted molar refractivity (Wildman–Crippen MR) is 114 cm³/mol. The number of halogens is 5. The van der Waals surface area contributed by atoms with Gasteiger partial charge in [-0.2, -0.15) is 23.4 Å². The minimum atomic E-state index is -4.80. The van der Waals surface area contributed by atoms with Gasteiger partial charge in [-0.15, -0.1) is 4.80 Å². The zero-order chi connectivity index (χ0) is 23.8. The largest absolute Gasteiger partial charge is 0.420 e. The van der Waals surface area contributed by atoms with E-state index in [-0.39, 0.29) is 27.0 Å². The number of nitrogen functional groups attached to an aromatic ring is 1. The Labute approximate surface area is 191 Å². The van der Waals surface area contributed by atoms with Crippen LogP contribution in [0.2, 0.25) is 0 Å². The van der Waals surface area contributed by atoms with E-state index in [0.717, 1.165) is 12.3 Å². The molecule has 0 aliphatic rings. The van der Waals surface area contributed by atoms with Crippen LogP contribution in [0.5, 0.6) is 0 Å². The second-order valence-corrected chi connectivity index (χ2v) is 7.49. The van der Waals surface area contributed by atoms with Crippen molar-refractivity contribution in [3.63, 3.8) is 0 Å². The van der Waals surface area contributed by atoms with Gasteiger partial charge in [0.25, 0.3) is 5.91 Å². The molecule has 4 rings (SSSR count). The number of carbonyl (C=O) groups excluding carboxylic acids is 1. The number of benzene rings is 1. The number of rotatable bonds is 4. The van der Waals surface area contributed by atoms with Crippen molar-refractivity contribution in [1.82, 2.24) is 25.0 Å². The Morgan fingerprint density at radius 3 is 2.45 bits per heavy atom. The van der Waals surface area contributed by atoms with Crippen LogP contribution in [0.1, 0.15) is 15.9 Å². The zero-order valence-electron chi connectivity index (χ0n) is 16.3. The van der Waals surface area contributed by atoms with E-state index in [2.05, 4.69) is 41.4 Å². The summed E-state index contributed by atoms with van der Waals surface area (Å²) in [6.45, 7) is 0. The second kappa shape index (κ2) is 8.58. The molecule has 168 valence electrons. The van der Waals surface area contributed by atoms with Gasteiger partial charge < -0.3 is 11.1 Å². The molecule has 0 saturated heterocycles. The van der Waals surface area contributed by atoms with E-state index >= 15 is 0 Å². The molecule has 0 aliphatic carbocycles. The van der Waals surface area contributed by atoms with Crippen molar-refractivity contribution >= 4 is 33.2 Å². The third kappa shape index (κ3) is 4.53. The lowest BCUT2D eigenvalue weighted by Crippen LogP contribution is -2.17. The van der Waals surface area contributed by atoms with Crippen molar-refractivity contribution in [3.05, 3.63) is 76.7 Å². The Kier molecular flexibility index (Phi) is 5.80. The van der Waals surface area contributed by atoms with Crippen molar-refractivity contribution in [3.8, 4) is 16.9 Å². The molecule has 0 saturated carbocycles. The predicted octanol–water partition coefficient (Wildman–Crippen LogP) is 4.48. The summed E-state index contributed by atoms with van der Waals surface area (Å²) in [5.74, 6) is -2.16. The molecule has 13 heteroatoms. The van der Waals surface area contributed by atoms with Crippen LogP contribution in [0.15, 0.2) is 59.7 Å². The molecule has 0 radical (unpaired) electrons. The highest BCUT2D eigenvalue weighted by Gasteiger charge is 2.36. The van der Waals surface area contributed by atoms with Crippen LogP contribution in [-0.2, 0) is 6.18 Å². The summed E-state index contributed by atoms with van der Waals surface area (Å²) in [5, 5.41) is 9.61. The molecular formula is C20H12BrF4N7O. The highest BCUT2D eigenvalue weighted by molar-refractivity contribution is 9.10. The molecule has 8 nitrogen and oxygen atoms in total. The normalized spacial score (nSPS) is 11.4. The van der Waals surface area contributed by atoms with E-state index in [1.165, 1.54) is 36.9 Å². The number of alkyl halides is 3. The maximum Gasteiger partial charge on any atom is 0.420 e. The first-order chi connectivity index (χ1) is 15.6. The fourth-order valence-corrected chi connectivity index (χ4v) is 3.52. The fraction of sp³-hybridized carbons (Fsp3) is 0.0500. The van der Waals surface area contributed by atoms with Crippen LogP contribution >= 0.6 is 15.9 Å². The molecule has 0 fully saturated rings. The minimum Gasteiger partial charge on any atom is -0.397 e. The van der Waals surface area contributed by atoms with E-state index in [1.54, 1.807) is 0 Å². The first-order valence-electron chi connectivity index (χ1n) is 9.09. The molecule has 3 aromatic heterocycles. The standard InChI is InChI=1S/C20H12BrF4N7O/c21-15-6-12(11-1-2-27-9-17(11)26)16(22)7-13(15)19(33)31-10-5-14(20(23,24)25)18(28-8-10)32-29-3-4-30-32/h1-9H,26H2,(H,31,33). The first-order valence-corrected chi connectivity index (χ1v) is 9.88. The topological polar surface area (TPSA) is 112 Å². The molecule has 1 aromatic carbocycles. The van der Waals surface area contributed by atoms with Crippen LogP contribution in [0.4, 0.5) is 28.9 Å². The van der Waals surface area contributed by atoms with Crippen molar-refractivity contribution in [2.45, 2.75) is 6.18 Å². The summed E-state index contributed by atoms with van der Waals surface area (Å²) in [6.07, 6.45) is 1.42. The number of nitrogens with one attached hydrogen (secondary N) is 1. The first kappa shape index (κ1) is 22.3. The van der Waals surface area contributed by atoms with Gasteiger partial charge in [-0.25, -0.2) is 9.37 Å². The molecule has 3 N–H and O–H groups in total. The van der Waals surface area contributed by atoms with Crippen molar-refractivity contribution in [1.29, 1.82) is 0 Å². The molecule has 0 bridgehead atoms. The van der Waals surface area contributed by atoms with Gasteiger partial charge in [-0.05, 0) is 40.2 Å². The monoisotopic (exact) mass is 521 g/mol. The van der Waals surface area contributed by atoms with Crippen LogP contribution < -0.4 is 11.1 Å². The third-order valence-electron chi connectivity index (χ3n) is 4.48. The Balaban J connectivity index is 1.66. The van der Waals surface area contributed by atoms with Crippen LogP contribution in [0.3, 0.4) is 0 Å². The lowest BCUT2D eigenvalue weighted by atomic mass is 10.0. The average molecular weight is 522 g/mol. The number of hydrogen-bond donors (Lipinski definition) is 2. The van der Waals surface area contributed by atoms with Crippen molar-refractivity contribution < 1.29 is 22.4 Å². The molecule has 0 spiro atoms. The summed E-state index contributed by atoms with van der Waals surface area (Å²) in [7, 11) is 0. The van der Waals surface area contributed by atoms with E-state index in [9.17, 15) is 22.4 Å². The number of amides is 1. The average Bonchev–Trinajstić information content (AvgIpc) is 3.30. The van der Waals surface area contributed by atoms with Gasteiger partial charge in [-0.1, -0.05) is 0 Å².